The standard InChI is InChI=1S/C11H24N2OS/c1-5-9(7-15-4)13-11(14)10(12)6-8(2)3/h8-10H,5-7,12H2,1-4H3,(H,13,14)/t9?,10-/m0/s1. The minimum atomic E-state index is -0.360. The van der Waals surface area contributed by atoms with E-state index in [0.29, 0.717) is 5.92 Å². The van der Waals surface area contributed by atoms with Gasteiger partial charge in [-0.2, -0.15) is 11.8 Å². The molecule has 3 nitrogen and oxygen atoms in total. The second-order valence-electron chi connectivity index (χ2n) is 4.31. The van der Waals surface area contributed by atoms with E-state index in [2.05, 4.69) is 26.1 Å². The highest BCUT2D eigenvalue weighted by Gasteiger charge is 2.17. The van der Waals surface area contributed by atoms with Crippen molar-refractivity contribution < 1.29 is 4.79 Å². The summed E-state index contributed by atoms with van der Waals surface area (Å²) in [4.78, 5) is 11.7. The third kappa shape index (κ3) is 6.79. The minimum Gasteiger partial charge on any atom is -0.351 e. The summed E-state index contributed by atoms with van der Waals surface area (Å²) in [5.74, 6) is 1.41. The number of rotatable bonds is 7. The van der Waals surface area contributed by atoms with Crippen LogP contribution < -0.4 is 11.1 Å². The van der Waals surface area contributed by atoms with Crippen LogP contribution in [0, 0.1) is 5.92 Å². The summed E-state index contributed by atoms with van der Waals surface area (Å²) in [6.07, 6.45) is 3.76. The summed E-state index contributed by atoms with van der Waals surface area (Å²) in [6, 6.07) is -0.105. The molecule has 0 saturated heterocycles. The van der Waals surface area contributed by atoms with Crippen molar-refractivity contribution in [2.75, 3.05) is 12.0 Å². The molecule has 1 amide bonds. The molecule has 0 aromatic heterocycles. The highest BCUT2D eigenvalue weighted by molar-refractivity contribution is 7.98. The number of carbonyl (C=O) groups is 1. The summed E-state index contributed by atoms with van der Waals surface area (Å²) in [5.41, 5.74) is 5.80. The molecule has 0 aromatic rings. The van der Waals surface area contributed by atoms with E-state index in [0.717, 1.165) is 18.6 Å². The van der Waals surface area contributed by atoms with Gasteiger partial charge < -0.3 is 11.1 Å². The molecule has 0 bridgehead atoms. The molecule has 1 unspecified atom stereocenters. The molecule has 0 aliphatic heterocycles. The van der Waals surface area contributed by atoms with Gasteiger partial charge in [0.15, 0.2) is 0 Å². The van der Waals surface area contributed by atoms with Gasteiger partial charge in [0.1, 0.15) is 0 Å². The van der Waals surface area contributed by atoms with E-state index < -0.39 is 0 Å². The first kappa shape index (κ1) is 14.8. The molecule has 0 aromatic carbocycles. The molecule has 0 aliphatic rings. The van der Waals surface area contributed by atoms with Crippen molar-refractivity contribution in [1.82, 2.24) is 5.32 Å². The summed E-state index contributed by atoms with van der Waals surface area (Å²) in [5, 5.41) is 2.99. The zero-order valence-electron chi connectivity index (χ0n) is 10.2. The molecule has 0 rings (SSSR count). The molecule has 90 valence electrons. The molecular formula is C11H24N2OS. The number of carbonyl (C=O) groups excluding carboxylic acids is 1. The Labute approximate surface area is 97.6 Å². The van der Waals surface area contributed by atoms with Crippen LogP contribution in [0.5, 0.6) is 0 Å². The van der Waals surface area contributed by atoms with E-state index in [1.165, 1.54) is 0 Å². The fourth-order valence-corrected chi connectivity index (χ4v) is 2.11. The second-order valence-corrected chi connectivity index (χ2v) is 5.22. The van der Waals surface area contributed by atoms with Crippen molar-refractivity contribution >= 4 is 17.7 Å². The van der Waals surface area contributed by atoms with Crippen LogP contribution in [0.1, 0.15) is 33.6 Å². The van der Waals surface area contributed by atoms with Crippen LogP contribution in [0.2, 0.25) is 0 Å². The van der Waals surface area contributed by atoms with Gasteiger partial charge in [-0.15, -0.1) is 0 Å². The fourth-order valence-electron chi connectivity index (χ4n) is 1.39. The molecule has 3 N–H and O–H groups in total. The van der Waals surface area contributed by atoms with Crippen LogP contribution in [0.3, 0.4) is 0 Å². The quantitative estimate of drug-likeness (QED) is 0.701. The van der Waals surface area contributed by atoms with Gasteiger partial charge in [-0.3, -0.25) is 4.79 Å². The SMILES string of the molecule is CCC(CSC)NC(=O)[C@@H](N)CC(C)C. The van der Waals surface area contributed by atoms with Crippen molar-refractivity contribution in [3.05, 3.63) is 0 Å². The first-order valence-electron chi connectivity index (χ1n) is 5.56. The Morgan fingerprint density at radius 1 is 1.47 bits per heavy atom. The number of thioether (sulfide) groups is 1. The van der Waals surface area contributed by atoms with Crippen LogP contribution in [-0.2, 0) is 4.79 Å². The number of hydrogen-bond acceptors (Lipinski definition) is 3. The number of amides is 1. The van der Waals surface area contributed by atoms with Crippen LogP contribution in [0.15, 0.2) is 0 Å². The molecule has 0 saturated carbocycles. The zero-order chi connectivity index (χ0) is 11.8. The Morgan fingerprint density at radius 2 is 2.07 bits per heavy atom. The largest absolute Gasteiger partial charge is 0.351 e. The first-order chi connectivity index (χ1) is 7.01. The maximum atomic E-state index is 11.7. The minimum absolute atomic E-state index is 0.00963. The maximum absolute atomic E-state index is 11.7. The van der Waals surface area contributed by atoms with Crippen LogP contribution in [-0.4, -0.2) is 30.0 Å². The Balaban J connectivity index is 3.98. The monoisotopic (exact) mass is 232 g/mol. The van der Waals surface area contributed by atoms with E-state index in [1.54, 1.807) is 11.8 Å². The van der Waals surface area contributed by atoms with Crippen molar-refractivity contribution in [3.63, 3.8) is 0 Å². The molecule has 0 spiro atoms. The van der Waals surface area contributed by atoms with Crippen LogP contribution in [0.25, 0.3) is 0 Å². The Hall–Kier alpha value is -0.220. The third-order valence-electron chi connectivity index (χ3n) is 2.27. The third-order valence-corrected chi connectivity index (χ3v) is 3.00. The smallest absolute Gasteiger partial charge is 0.237 e. The van der Waals surface area contributed by atoms with Gasteiger partial charge in [-0.25, -0.2) is 0 Å². The average molecular weight is 232 g/mol. The maximum Gasteiger partial charge on any atom is 0.237 e. The normalized spacial score (nSPS) is 15.1. The molecule has 0 fully saturated rings. The summed E-state index contributed by atoms with van der Waals surface area (Å²) < 4.78 is 0. The van der Waals surface area contributed by atoms with E-state index in [-0.39, 0.29) is 18.0 Å². The topological polar surface area (TPSA) is 55.1 Å². The Morgan fingerprint density at radius 3 is 2.47 bits per heavy atom. The fraction of sp³-hybridized carbons (Fsp3) is 0.909. The predicted octanol–water partition coefficient (Wildman–Crippen LogP) is 1.62. The summed E-state index contributed by atoms with van der Waals surface area (Å²) >= 11 is 1.75. The van der Waals surface area contributed by atoms with Gasteiger partial charge >= 0.3 is 0 Å². The molecular weight excluding hydrogens is 208 g/mol. The van der Waals surface area contributed by atoms with E-state index in [9.17, 15) is 4.79 Å². The average Bonchev–Trinajstić information content (AvgIpc) is 2.15. The lowest BCUT2D eigenvalue weighted by Gasteiger charge is -2.19. The highest BCUT2D eigenvalue weighted by atomic mass is 32.2. The lowest BCUT2D eigenvalue weighted by atomic mass is 10.0. The van der Waals surface area contributed by atoms with Crippen molar-refractivity contribution in [2.24, 2.45) is 11.7 Å². The molecule has 0 heterocycles. The number of nitrogens with one attached hydrogen (secondary N) is 1. The summed E-state index contributed by atoms with van der Waals surface area (Å²) in [7, 11) is 0. The predicted molar refractivity (Wildman–Crippen MR) is 68.0 cm³/mol. The van der Waals surface area contributed by atoms with Crippen molar-refractivity contribution in [2.45, 2.75) is 45.7 Å². The van der Waals surface area contributed by atoms with Gasteiger partial charge in [0.25, 0.3) is 0 Å². The number of hydrogen-bond donors (Lipinski definition) is 2. The molecule has 4 heteroatoms. The zero-order valence-corrected chi connectivity index (χ0v) is 11.1. The second kappa shape index (κ2) is 7.99. The van der Waals surface area contributed by atoms with Gasteiger partial charge in [-0.05, 0) is 25.0 Å². The molecule has 0 radical (unpaired) electrons. The van der Waals surface area contributed by atoms with Gasteiger partial charge in [0, 0.05) is 11.8 Å². The van der Waals surface area contributed by atoms with Gasteiger partial charge in [-0.1, -0.05) is 20.8 Å². The molecule has 0 aliphatic carbocycles. The first-order valence-corrected chi connectivity index (χ1v) is 6.95. The van der Waals surface area contributed by atoms with E-state index in [4.69, 9.17) is 5.73 Å². The Bertz CT molecular complexity index is 185. The molecule has 15 heavy (non-hydrogen) atoms. The lowest BCUT2D eigenvalue weighted by molar-refractivity contribution is -0.123. The highest BCUT2D eigenvalue weighted by Crippen LogP contribution is 2.05. The summed E-state index contributed by atoms with van der Waals surface area (Å²) in [6.45, 7) is 6.23. The van der Waals surface area contributed by atoms with Crippen LogP contribution in [0.4, 0.5) is 0 Å². The van der Waals surface area contributed by atoms with E-state index in [1.807, 2.05) is 6.26 Å². The molecule has 2 atom stereocenters. The van der Waals surface area contributed by atoms with Crippen LogP contribution >= 0.6 is 11.8 Å². The lowest BCUT2D eigenvalue weighted by Crippen LogP contribution is -2.46. The van der Waals surface area contributed by atoms with E-state index >= 15 is 0 Å². The van der Waals surface area contributed by atoms with Crippen molar-refractivity contribution in [3.8, 4) is 0 Å². The van der Waals surface area contributed by atoms with Gasteiger partial charge in [0.2, 0.25) is 5.91 Å². The van der Waals surface area contributed by atoms with Gasteiger partial charge in [0.05, 0.1) is 6.04 Å². The van der Waals surface area contributed by atoms with Crippen molar-refractivity contribution in [1.29, 1.82) is 0 Å². The Kier molecular flexibility index (Phi) is 7.88. The number of nitrogens with two attached hydrogens (primary N) is 1.